The molecule has 1 N–H and O–H groups in total. The van der Waals surface area contributed by atoms with Crippen molar-refractivity contribution < 1.29 is 13.6 Å². The number of carbonyl (C=O) groups is 1. The highest BCUT2D eigenvalue weighted by Crippen LogP contribution is 2.21. The van der Waals surface area contributed by atoms with Crippen LogP contribution < -0.4 is 5.32 Å². The van der Waals surface area contributed by atoms with Gasteiger partial charge in [0, 0.05) is 31.2 Å². The van der Waals surface area contributed by atoms with E-state index in [1.165, 1.54) is 11.1 Å². The number of para-hydroxylation sites is 1. The summed E-state index contributed by atoms with van der Waals surface area (Å²) in [5, 5.41) is 3.59. The number of fused-ring (bicyclic) bond motifs is 1. The molecule has 1 atom stereocenters. The number of halogens is 2. The molecule has 2 aromatic rings. The van der Waals surface area contributed by atoms with Crippen LogP contribution in [-0.4, -0.2) is 47.9 Å². The largest absolute Gasteiger partial charge is 0.327 e. The summed E-state index contributed by atoms with van der Waals surface area (Å²) in [6.07, 6.45) is -1.02. The number of benzene rings is 1. The van der Waals surface area contributed by atoms with Crippen LogP contribution in [0.1, 0.15) is 10.4 Å². The first-order valence-corrected chi connectivity index (χ1v) is 6.82. The normalized spacial score (nSPS) is 19.2. The molecule has 4 nitrogen and oxygen atoms in total. The molecule has 1 saturated heterocycles. The lowest BCUT2D eigenvalue weighted by atomic mass is 10.1. The molecule has 0 spiro atoms. The lowest BCUT2D eigenvalue weighted by Gasteiger charge is -2.35. The monoisotopic (exact) mass is 291 g/mol. The number of carbonyl (C=O) groups excluding carboxylic acids is 1. The summed E-state index contributed by atoms with van der Waals surface area (Å²) in [4.78, 5) is 18.1. The SMILES string of the molecule is O=C(c1ccnc2ccccc12)N1CCNCC1C(F)F. The van der Waals surface area contributed by atoms with Gasteiger partial charge in [0.1, 0.15) is 6.04 Å². The number of nitrogens with zero attached hydrogens (tertiary/aromatic N) is 2. The number of aromatic nitrogens is 1. The Hall–Kier alpha value is -2.08. The van der Waals surface area contributed by atoms with Crippen LogP contribution in [0.4, 0.5) is 8.78 Å². The summed E-state index contributed by atoms with van der Waals surface area (Å²) in [5.41, 5.74) is 1.11. The number of piperazine rings is 1. The third kappa shape index (κ3) is 2.58. The number of alkyl halides is 2. The number of amides is 1. The highest BCUT2D eigenvalue weighted by Gasteiger charge is 2.34. The fourth-order valence-corrected chi connectivity index (χ4v) is 2.64. The molecule has 0 bridgehead atoms. The predicted octanol–water partition coefficient (Wildman–Crippen LogP) is 1.91. The first-order chi connectivity index (χ1) is 10.2. The van der Waals surface area contributed by atoms with Crippen LogP contribution in [0.3, 0.4) is 0 Å². The molecule has 1 amide bonds. The minimum absolute atomic E-state index is 0.117. The predicted molar refractivity (Wildman–Crippen MR) is 75.4 cm³/mol. The summed E-state index contributed by atoms with van der Waals surface area (Å²) in [5.74, 6) is -0.361. The van der Waals surface area contributed by atoms with Crippen molar-refractivity contribution in [2.75, 3.05) is 19.6 Å². The summed E-state index contributed by atoms with van der Waals surface area (Å²) in [6.45, 7) is 0.925. The Morgan fingerprint density at radius 1 is 1.33 bits per heavy atom. The van der Waals surface area contributed by atoms with E-state index in [9.17, 15) is 13.6 Å². The number of hydrogen-bond donors (Lipinski definition) is 1. The molecule has 3 rings (SSSR count). The van der Waals surface area contributed by atoms with Crippen molar-refractivity contribution in [2.24, 2.45) is 0 Å². The highest BCUT2D eigenvalue weighted by atomic mass is 19.3. The van der Waals surface area contributed by atoms with E-state index in [0.29, 0.717) is 23.0 Å². The van der Waals surface area contributed by atoms with Crippen LogP contribution in [-0.2, 0) is 0 Å². The van der Waals surface area contributed by atoms with Crippen molar-refractivity contribution in [3.63, 3.8) is 0 Å². The van der Waals surface area contributed by atoms with Gasteiger partial charge in [0.05, 0.1) is 11.1 Å². The van der Waals surface area contributed by atoms with E-state index in [1.807, 2.05) is 12.1 Å². The summed E-state index contributed by atoms with van der Waals surface area (Å²) >= 11 is 0. The smallest absolute Gasteiger partial charge is 0.259 e. The topological polar surface area (TPSA) is 45.2 Å². The molecule has 6 heteroatoms. The van der Waals surface area contributed by atoms with Crippen LogP contribution in [0.2, 0.25) is 0 Å². The first-order valence-electron chi connectivity index (χ1n) is 6.82. The number of rotatable bonds is 2. The Morgan fingerprint density at radius 2 is 2.14 bits per heavy atom. The molecular weight excluding hydrogens is 276 g/mol. The van der Waals surface area contributed by atoms with E-state index >= 15 is 0 Å². The minimum atomic E-state index is -2.56. The lowest BCUT2D eigenvalue weighted by Crippen LogP contribution is -2.56. The van der Waals surface area contributed by atoms with Gasteiger partial charge in [-0.2, -0.15) is 0 Å². The second kappa shape index (κ2) is 5.73. The van der Waals surface area contributed by atoms with Crippen molar-refractivity contribution in [1.82, 2.24) is 15.2 Å². The van der Waals surface area contributed by atoms with E-state index in [4.69, 9.17) is 0 Å². The van der Waals surface area contributed by atoms with E-state index in [0.717, 1.165) is 0 Å². The molecule has 0 saturated carbocycles. The van der Waals surface area contributed by atoms with E-state index in [2.05, 4.69) is 10.3 Å². The maximum atomic E-state index is 13.1. The Morgan fingerprint density at radius 3 is 2.95 bits per heavy atom. The maximum absolute atomic E-state index is 13.1. The lowest BCUT2D eigenvalue weighted by molar-refractivity contribution is 0.0127. The van der Waals surface area contributed by atoms with Gasteiger partial charge in [-0.05, 0) is 12.1 Å². The zero-order valence-electron chi connectivity index (χ0n) is 11.3. The zero-order chi connectivity index (χ0) is 14.8. The number of nitrogens with one attached hydrogen (secondary N) is 1. The van der Waals surface area contributed by atoms with Crippen LogP contribution in [0, 0.1) is 0 Å². The van der Waals surface area contributed by atoms with Crippen molar-refractivity contribution in [3.8, 4) is 0 Å². The molecule has 1 aliphatic rings. The summed E-state index contributed by atoms with van der Waals surface area (Å²) < 4.78 is 26.2. The number of pyridine rings is 1. The van der Waals surface area contributed by atoms with E-state index < -0.39 is 12.5 Å². The van der Waals surface area contributed by atoms with Gasteiger partial charge >= 0.3 is 0 Å². The molecule has 0 radical (unpaired) electrons. The molecule has 1 aromatic carbocycles. The van der Waals surface area contributed by atoms with Crippen molar-refractivity contribution >= 4 is 16.8 Å². The molecule has 1 unspecified atom stereocenters. The van der Waals surface area contributed by atoms with E-state index in [1.54, 1.807) is 18.2 Å². The molecular formula is C15H15F2N3O. The molecule has 1 fully saturated rings. The fourth-order valence-electron chi connectivity index (χ4n) is 2.64. The van der Waals surface area contributed by atoms with Crippen molar-refractivity contribution in [1.29, 1.82) is 0 Å². The van der Waals surface area contributed by atoms with E-state index in [-0.39, 0.29) is 19.0 Å². The van der Waals surface area contributed by atoms with Gasteiger partial charge in [-0.1, -0.05) is 18.2 Å². The van der Waals surface area contributed by atoms with Crippen molar-refractivity contribution in [3.05, 3.63) is 42.1 Å². The van der Waals surface area contributed by atoms with Crippen molar-refractivity contribution in [2.45, 2.75) is 12.5 Å². The Labute approximate surface area is 120 Å². The summed E-state index contributed by atoms with van der Waals surface area (Å²) in [7, 11) is 0. The van der Waals surface area contributed by atoms with Gasteiger partial charge < -0.3 is 10.2 Å². The first kappa shape index (κ1) is 13.9. The standard InChI is InChI=1S/C15H15F2N3O/c16-14(17)13-9-18-7-8-20(13)15(21)11-5-6-19-12-4-2-1-3-10(11)12/h1-6,13-14,18H,7-9H2. The molecule has 1 aromatic heterocycles. The molecule has 2 heterocycles. The van der Waals surface area contributed by atoms with Gasteiger partial charge in [-0.25, -0.2) is 8.78 Å². The fraction of sp³-hybridized carbons (Fsp3) is 0.333. The van der Waals surface area contributed by atoms with Crippen LogP contribution >= 0.6 is 0 Å². The molecule has 1 aliphatic heterocycles. The van der Waals surface area contributed by atoms with Gasteiger partial charge in [0.25, 0.3) is 12.3 Å². The van der Waals surface area contributed by atoms with Gasteiger partial charge in [-0.15, -0.1) is 0 Å². The van der Waals surface area contributed by atoms with Gasteiger partial charge in [0.2, 0.25) is 0 Å². The Balaban J connectivity index is 1.99. The zero-order valence-corrected chi connectivity index (χ0v) is 11.3. The van der Waals surface area contributed by atoms with Gasteiger partial charge in [0.15, 0.2) is 0 Å². The number of hydrogen-bond acceptors (Lipinski definition) is 3. The maximum Gasteiger partial charge on any atom is 0.259 e. The van der Waals surface area contributed by atoms with Crippen LogP contribution in [0.15, 0.2) is 36.5 Å². The Bertz CT molecular complexity index is 657. The quantitative estimate of drug-likeness (QED) is 0.919. The molecule has 0 aliphatic carbocycles. The minimum Gasteiger partial charge on any atom is -0.327 e. The summed E-state index contributed by atoms with van der Waals surface area (Å²) in [6, 6.07) is 7.73. The molecule has 21 heavy (non-hydrogen) atoms. The average molecular weight is 291 g/mol. The van der Waals surface area contributed by atoms with Crippen LogP contribution in [0.5, 0.6) is 0 Å². The second-order valence-electron chi connectivity index (χ2n) is 4.98. The third-order valence-electron chi connectivity index (χ3n) is 3.71. The average Bonchev–Trinajstić information content (AvgIpc) is 2.53. The highest BCUT2D eigenvalue weighted by molar-refractivity contribution is 6.06. The van der Waals surface area contributed by atoms with Gasteiger partial charge in [-0.3, -0.25) is 9.78 Å². The molecule has 110 valence electrons. The second-order valence-corrected chi connectivity index (χ2v) is 4.98. The third-order valence-corrected chi connectivity index (χ3v) is 3.71. The van der Waals surface area contributed by atoms with Crippen LogP contribution in [0.25, 0.3) is 10.9 Å². The Kier molecular flexibility index (Phi) is 3.79.